The molecule has 1 amide bonds. The fourth-order valence-corrected chi connectivity index (χ4v) is 4.54. The number of rotatable bonds is 6. The van der Waals surface area contributed by atoms with Gasteiger partial charge in [-0.1, -0.05) is 41.9 Å². The van der Waals surface area contributed by atoms with E-state index in [1.54, 1.807) is 42.5 Å². The van der Waals surface area contributed by atoms with Crippen LogP contribution in [0.15, 0.2) is 82.5 Å². The molecule has 0 radical (unpaired) electrons. The van der Waals surface area contributed by atoms with E-state index in [1.165, 1.54) is 37.3 Å². The van der Waals surface area contributed by atoms with Gasteiger partial charge >= 0.3 is 0 Å². The van der Waals surface area contributed by atoms with Crippen molar-refractivity contribution in [3.8, 4) is 11.5 Å². The molecule has 1 atom stereocenters. The third kappa shape index (κ3) is 3.67. The molecule has 36 heavy (non-hydrogen) atoms. The number of ketones is 1. The molecule has 0 bridgehead atoms. The lowest BCUT2D eigenvalue weighted by molar-refractivity contribution is -0.117. The molecule has 9 heteroatoms. The molecule has 3 aromatic carbocycles. The molecule has 0 aliphatic carbocycles. The molecule has 1 unspecified atom stereocenters. The summed E-state index contributed by atoms with van der Waals surface area (Å²) in [5.41, 5.74) is 0.740. The molecule has 0 saturated carbocycles. The highest BCUT2D eigenvalue weighted by Crippen LogP contribution is 2.45. The number of hydrogen-bond donors (Lipinski definition) is 1. The van der Waals surface area contributed by atoms with Gasteiger partial charge in [0, 0.05) is 16.6 Å². The van der Waals surface area contributed by atoms with Gasteiger partial charge in [-0.2, -0.15) is 0 Å². The summed E-state index contributed by atoms with van der Waals surface area (Å²) in [5, 5.41) is 11.4. The average molecular weight is 508 g/mol. The van der Waals surface area contributed by atoms with Crippen LogP contribution in [0.1, 0.15) is 22.2 Å². The zero-order valence-electron chi connectivity index (χ0n) is 19.1. The fraction of sp³-hybridized carbons (Fsp3) is 0.111. The second kappa shape index (κ2) is 9.05. The van der Waals surface area contributed by atoms with Crippen LogP contribution in [0.25, 0.3) is 11.0 Å². The summed E-state index contributed by atoms with van der Waals surface area (Å²) in [6, 6.07) is 16.1. The average Bonchev–Trinajstić information content (AvgIpc) is 3.44. The Morgan fingerprint density at radius 3 is 2.47 bits per heavy atom. The van der Waals surface area contributed by atoms with Gasteiger partial charge in [0.2, 0.25) is 5.78 Å². The maximum Gasteiger partial charge on any atom is 0.294 e. The van der Waals surface area contributed by atoms with E-state index in [1.807, 2.05) is 0 Å². The van der Waals surface area contributed by atoms with Gasteiger partial charge in [-0.25, -0.2) is 4.39 Å². The quantitative estimate of drug-likeness (QED) is 0.321. The summed E-state index contributed by atoms with van der Waals surface area (Å²) in [4.78, 5) is 28.3. The maximum atomic E-state index is 13.9. The molecule has 4 aromatic rings. The highest BCUT2D eigenvalue weighted by Gasteiger charge is 2.46. The lowest BCUT2D eigenvalue weighted by atomic mass is 9.94. The number of ether oxygens (including phenoxy) is 2. The molecule has 1 N–H and O–H groups in total. The van der Waals surface area contributed by atoms with Crippen molar-refractivity contribution in [1.29, 1.82) is 0 Å². The van der Waals surface area contributed by atoms with Gasteiger partial charge in [-0.15, -0.1) is 0 Å². The van der Waals surface area contributed by atoms with Crippen molar-refractivity contribution in [2.24, 2.45) is 0 Å². The third-order valence-corrected chi connectivity index (χ3v) is 6.31. The normalized spacial score (nSPS) is 15.6. The number of halogens is 2. The van der Waals surface area contributed by atoms with Crippen LogP contribution in [0.3, 0.4) is 0 Å². The molecule has 0 saturated heterocycles. The Kier molecular flexibility index (Phi) is 5.89. The number of benzene rings is 3. The van der Waals surface area contributed by atoms with Gasteiger partial charge in [0.15, 0.2) is 22.9 Å². The summed E-state index contributed by atoms with van der Waals surface area (Å²) >= 11 is 5.99. The van der Waals surface area contributed by atoms with E-state index in [-0.39, 0.29) is 22.0 Å². The van der Waals surface area contributed by atoms with Crippen molar-refractivity contribution in [2.75, 3.05) is 19.1 Å². The Hall–Kier alpha value is -4.30. The Bertz CT molecular complexity index is 1560. The first-order valence-electron chi connectivity index (χ1n) is 10.8. The Morgan fingerprint density at radius 1 is 1.03 bits per heavy atom. The van der Waals surface area contributed by atoms with Gasteiger partial charge in [-0.05, 0) is 36.4 Å². The highest BCUT2D eigenvalue weighted by atomic mass is 35.5. The lowest BCUT2D eigenvalue weighted by Gasteiger charge is -2.28. The predicted octanol–water partition coefficient (Wildman–Crippen LogP) is 6.03. The summed E-state index contributed by atoms with van der Waals surface area (Å²) in [7, 11) is 2.93. The van der Waals surface area contributed by atoms with Crippen LogP contribution in [0.5, 0.6) is 11.5 Å². The SMILES string of the molecule is COc1ccccc1C1C(C(=O)c2cc3cccc(OC)c3o2)=C(O)C(=O)N1c1ccc(F)c(Cl)c1. The molecule has 1 aliphatic heterocycles. The standard InChI is InChI=1S/C27H19ClFNO6/c1-34-19-8-4-3-7-16(19)23-22(24(31)21-12-14-6-5-9-20(35-2)26(14)36-21)25(32)27(33)30(23)15-10-11-18(29)17(28)13-15/h3-13,23,32H,1-2H3. The molecule has 5 rings (SSSR count). The number of carbonyl (C=O) groups excluding carboxylic acids is 2. The van der Waals surface area contributed by atoms with E-state index in [4.69, 9.17) is 25.5 Å². The minimum Gasteiger partial charge on any atom is -0.503 e. The largest absolute Gasteiger partial charge is 0.503 e. The van der Waals surface area contributed by atoms with Crippen molar-refractivity contribution in [3.63, 3.8) is 0 Å². The van der Waals surface area contributed by atoms with Crippen molar-refractivity contribution in [3.05, 3.63) is 100 Å². The number of aliphatic hydroxyl groups is 1. The van der Waals surface area contributed by atoms with Crippen LogP contribution in [0.2, 0.25) is 5.02 Å². The zero-order valence-corrected chi connectivity index (χ0v) is 19.9. The first-order chi connectivity index (χ1) is 17.3. The summed E-state index contributed by atoms with van der Waals surface area (Å²) < 4.78 is 30.5. The van der Waals surface area contributed by atoms with Crippen molar-refractivity contribution in [1.82, 2.24) is 0 Å². The number of methoxy groups -OCH3 is 2. The molecule has 2 heterocycles. The van der Waals surface area contributed by atoms with Crippen molar-refractivity contribution < 1.29 is 33.0 Å². The molecular formula is C27H19ClFNO6. The number of aliphatic hydroxyl groups excluding tert-OH is 1. The number of carbonyl (C=O) groups is 2. The highest BCUT2D eigenvalue weighted by molar-refractivity contribution is 6.31. The van der Waals surface area contributed by atoms with Gasteiger partial charge in [-0.3, -0.25) is 14.5 Å². The van der Waals surface area contributed by atoms with Gasteiger partial charge in [0.25, 0.3) is 5.91 Å². The van der Waals surface area contributed by atoms with E-state index in [0.717, 1.165) is 6.07 Å². The van der Waals surface area contributed by atoms with Gasteiger partial charge < -0.3 is 19.0 Å². The minimum absolute atomic E-state index is 0.0947. The van der Waals surface area contributed by atoms with E-state index in [0.29, 0.717) is 28.0 Å². The van der Waals surface area contributed by atoms with Crippen LogP contribution in [-0.2, 0) is 4.79 Å². The second-order valence-corrected chi connectivity index (χ2v) is 8.41. The number of Topliss-reactive ketones (excluding diaryl/α,β-unsaturated/α-hetero) is 1. The number of furan rings is 1. The van der Waals surface area contributed by atoms with Gasteiger partial charge in [0.05, 0.1) is 30.9 Å². The number of amides is 1. The lowest BCUT2D eigenvalue weighted by Crippen LogP contribution is -2.31. The molecular weight excluding hydrogens is 489 g/mol. The third-order valence-electron chi connectivity index (χ3n) is 6.02. The zero-order chi connectivity index (χ0) is 25.6. The number of nitrogens with zero attached hydrogens (tertiary/aromatic N) is 1. The van der Waals surface area contributed by atoms with Crippen LogP contribution in [0, 0.1) is 5.82 Å². The molecule has 0 spiro atoms. The topological polar surface area (TPSA) is 89.2 Å². The minimum atomic E-state index is -1.11. The fourth-order valence-electron chi connectivity index (χ4n) is 4.37. The summed E-state index contributed by atoms with van der Waals surface area (Å²) in [6.07, 6.45) is 0. The van der Waals surface area contributed by atoms with Crippen LogP contribution < -0.4 is 14.4 Å². The number of para-hydroxylation sites is 2. The Balaban J connectivity index is 1.70. The van der Waals surface area contributed by atoms with Crippen molar-refractivity contribution in [2.45, 2.75) is 6.04 Å². The molecule has 1 aliphatic rings. The monoisotopic (exact) mass is 507 g/mol. The molecule has 0 fully saturated rings. The molecule has 7 nitrogen and oxygen atoms in total. The van der Waals surface area contributed by atoms with E-state index >= 15 is 0 Å². The number of hydrogen-bond acceptors (Lipinski definition) is 6. The number of fused-ring (bicyclic) bond motifs is 1. The van der Waals surface area contributed by atoms with Gasteiger partial charge in [0.1, 0.15) is 11.6 Å². The predicted molar refractivity (Wildman–Crippen MR) is 131 cm³/mol. The van der Waals surface area contributed by atoms with Crippen LogP contribution in [-0.4, -0.2) is 31.0 Å². The van der Waals surface area contributed by atoms with Crippen LogP contribution >= 0.6 is 11.6 Å². The summed E-state index contributed by atoms with van der Waals surface area (Å²) in [6.45, 7) is 0. The molecule has 182 valence electrons. The Morgan fingerprint density at radius 2 is 1.75 bits per heavy atom. The Labute approximate surface area is 209 Å². The summed E-state index contributed by atoms with van der Waals surface area (Å²) in [5.74, 6) is -2.29. The van der Waals surface area contributed by atoms with E-state index < -0.39 is 29.3 Å². The van der Waals surface area contributed by atoms with Crippen LogP contribution in [0.4, 0.5) is 10.1 Å². The number of anilines is 1. The van der Waals surface area contributed by atoms with Crippen molar-refractivity contribution >= 4 is 39.9 Å². The van der Waals surface area contributed by atoms with E-state index in [2.05, 4.69) is 0 Å². The maximum absolute atomic E-state index is 13.9. The first kappa shape index (κ1) is 23.4. The van der Waals surface area contributed by atoms with E-state index in [9.17, 15) is 19.1 Å². The second-order valence-electron chi connectivity index (χ2n) is 8.00. The molecule has 1 aromatic heterocycles. The first-order valence-corrected chi connectivity index (χ1v) is 11.2. The smallest absolute Gasteiger partial charge is 0.294 e.